The minimum absolute atomic E-state index is 0.00547. The molecular weight excluding hydrogens is 571 g/mol. The van der Waals surface area contributed by atoms with E-state index in [9.17, 15) is 22.8 Å². The van der Waals surface area contributed by atoms with Crippen molar-refractivity contribution in [3.8, 4) is 22.9 Å². The largest absolute Gasteiger partial charge is 0.488 e. The molecule has 0 aromatic carbocycles. The van der Waals surface area contributed by atoms with Gasteiger partial charge in [-0.2, -0.15) is 13.2 Å². The molecule has 1 unspecified atom stereocenters. The van der Waals surface area contributed by atoms with Crippen molar-refractivity contribution in [2.24, 2.45) is 5.41 Å². The van der Waals surface area contributed by atoms with E-state index in [4.69, 9.17) is 9.47 Å². The fourth-order valence-electron chi connectivity index (χ4n) is 5.84. The molecule has 1 aliphatic carbocycles. The predicted molar refractivity (Wildman–Crippen MR) is 149 cm³/mol. The Morgan fingerprint density at radius 2 is 2.05 bits per heavy atom. The van der Waals surface area contributed by atoms with E-state index in [-0.39, 0.29) is 34.7 Å². The molecule has 1 atom stereocenters. The maximum Gasteiger partial charge on any atom is 0.425 e. The first kappa shape index (κ1) is 28.4. The molecule has 5 heterocycles. The number of nitrogens with one attached hydrogen (secondary N) is 2. The van der Waals surface area contributed by atoms with Crippen LogP contribution in [-0.4, -0.2) is 71.6 Å². The van der Waals surface area contributed by atoms with E-state index in [1.165, 1.54) is 5.38 Å². The number of hydrogen-bond donors (Lipinski definition) is 2. The second kappa shape index (κ2) is 11.2. The molecule has 1 spiro atoms. The molecule has 222 valence electrons. The second-order valence-corrected chi connectivity index (χ2v) is 11.9. The predicted octanol–water partition coefficient (Wildman–Crippen LogP) is 4.40. The number of pyridine rings is 2. The van der Waals surface area contributed by atoms with Crippen LogP contribution in [0.25, 0.3) is 11.3 Å². The summed E-state index contributed by atoms with van der Waals surface area (Å²) in [6.45, 7) is 4.73. The molecule has 42 heavy (non-hydrogen) atoms. The maximum atomic E-state index is 13.4. The highest BCUT2D eigenvalue weighted by molar-refractivity contribution is 7.10. The minimum Gasteiger partial charge on any atom is -0.488 e. The van der Waals surface area contributed by atoms with Gasteiger partial charge in [-0.25, -0.2) is 9.97 Å². The van der Waals surface area contributed by atoms with E-state index in [2.05, 4.69) is 20.6 Å². The fourth-order valence-corrected chi connectivity index (χ4v) is 6.59. The molecule has 3 aromatic rings. The summed E-state index contributed by atoms with van der Waals surface area (Å²) in [5.41, 5.74) is 1.31. The highest BCUT2D eigenvalue weighted by atomic mass is 32.1. The number of halogens is 3. The molecule has 2 aliphatic heterocycles. The van der Waals surface area contributed by atoms with Crippen LogP contribution >= 0.6 is 11.3 Å². The number of rotatable bonds is 8. The van der Waals surface area contributed by atoms with Crippen LogP contribution < -0.4 is 20.1 Å². The van der Waals surface area contributed by atoms with Gasteiger partial charge in [-0.05, 0) is 63.1 Å². The topological polar surface area (TPSA) is 106 Å². The molecule has 0 radical (unpaired) electrons. The Bertz CT molecular complexity index is 1480. The number of alkyl halides is 3. The summed E-state index contributed by atoms with van der Waals surface area (Å²) < 4.78 is 50.8. The van der Waals surface area contributed by atoms with Crippen LogP contribution in [0.5, 0.6) is 11.6 Å². The minimum atomic E-state index is -4.46. The Morgan fingerprint density at radius 1 is 1.24 bits per heavy atom. The van der Waals surface area contributed by atoms with Crippen molar-refractivity contribution in [2.75, 3.05) is 32.8 Å². The average molecular weight is 602 g/mol. The van der Waals surface area contributed by atoms with E-state index in [0.717, 1.165) is 19.0 Å². The lowest BCUT2D eigenvalue weighted by Crippen LogP contribution is -2.65. The Kier molecular flexibility index (Phi) is 7.56. The zero-order chi connectivity index (χ0) is 29.5. The lowest BCUT2D eigenvalue weighted by Gasteiger charge is -2.58. The van der Waals surface area contributed by atoms with Gasteiger partial charge in [0, 0.05) is 42.7 Å². The first-order chi connectivity index (χ1) is 20.1. The summed E-state index contributed by atoms with van der Waals surface area (Å²) in [5.74, 6) is 0.0771. The highest BCUT2D eigenvalue weighted by Gasteiger charge is 2.55. The van der Waals surface area contributed by atoms with Crippen LogP contribution in [0.4, 0.5) is 13.2 Å². The number of aromatic nitrogens is 2. The van der Waals surface area contributed by atoms with Crippen molar-refractivity contribution < 1.29 is 32.2 Å². The monoisotopic (exact) mass is 601 g/mol. The number of amides is 2. The summed E-state index contributed by atoms with van der Waals surface area (Å²) in [6, 6.07) is 8.04. The van der Waals surface area contributed by atoms with Gasteiger partial charge in [0.05, 0.1) is 23.4 Å². The van der Waals surface area contributed by atoms with Crippen molar-refractivity contribution in [1.82, 2.24) is 25.5 Å². The van der Waals surface area contributed by atoms with Crippen molar-refractivity contribution >= 4 is 23.2 Å². The van der Waals surface area contributed by atoms with Crippen molar-refractivity contribution in [3.05, 3.63) is 58.0 Å². The van der Waals surface area contributed by atoms with E-state index in [1.807, 2.05) is 13.0 Å². The third-order valence-electron chi connectivity index (χ3n) is 7.88. The molecule has 6 rings (SSSR count). The van der Waals surface area contributed by atoms with Gasteiger partial charge in [0.2, 0.25) is 5.88 Å². The molecule has 9 nitrogen and oxygen atoms in total. The van der Waals surface area contributed by atoms with Gasteiger partial charge in [0.1, 0.15) is 11.0 Å². The summed E-state index contributed by atoms with van der Waals surface area (Å²) in [4.78, 5) is 35.9. The third-order valence-corrected chi connectivity index (χ3v) is 8.85. The normalized spacial score (nSPS) is 19.7. The third kappa shape index (κ3) is 5.67. The first-order valence-corrected chi connectivity index (χ1v) is 14.7. The fraction of sp³-hybridized carbons (Fsp3) is 0.448. The standard InChI is InChI=1S/C29H30F3N5O4S/c1-2-40-26-20(4-3-8-34-26)21-5-6-22(24(36-21)25(38)35-18-7-9-33-13-18)41-19-11-28(12-19)15-37(16-28)27(39)17-10-23(42-14-17)29(30,31)32/h3-6,8,10,14,18-19,33H,2,7,9,11-13,15-16H2,1H3,(H,35,38). The van der Waals surface area contributed by atoms with E-state index in [0.29, 0.717) is 73.3 Å². The van der Waals surface area contributed by atoms with E-state index in [1.54, 1.807) is 29.3 Å². The maximum absolute atomic E-state index is 13.4. The van der Waals surface area contributed by atoms with Crippen LogP contribution in [0.1, 0.15) is 51.9 Å². The summed E-state index contributed by atoms with van der Waals surface area (Å²) in [7, 11) is 0. The lowest BCUT2D eigenvalue weighted by molar-refractivity contribution is -0.134. The van der Waals surface area contributed by atoms with Gasteiger partial charge in [0.15, 0.2) is 11.4 Å². The molecule has 1 saturated carbocycles. The molecule has 3 aromatic heterocycles. The van der Waals surface area contributed by atoms with Crippen molar-refractivity contribution in [2.45, 2.75) is 44.5 Å². The number of thiophene rings is 1. The summed E-state index contributed by atoms with van der Waals surface area (Å²) in [5, 5.41) is 7.54. The van der Waals surface area contributed by atoms with Crippen molar-refractivity contribution in [3.63, 3.8) is 0 Å². The first-order valence-electron chi connectivity index (χ1n) is 13.9. The number of carbonyl (C=O) groups is 2. The average Bonchev–Trinajstić information content (AvgIpc) is 3.62. The molecular formula is C29H30F3N5O4S. The Labute approximate surface area is 244 Å². The molecule has 2 amide bonds. The van der Waals surface area contributed by atoms with Gasteiger partial charge >= 0.3 is 6.18 Å². The molecule has 3 aliphatic rings. The summed E-state index contributed by atoms with van der Waals surface area (Å²) >= 11 is 0.529. The zero-order valence-corrected chi connectivity index (χ0v) is 23.7. The van der Waals surface area contributed by atoms with Gasteiger partial charge in [-0.1, -0.05) is 0 Å². The Hall–Kier alpha value is -3.71. The molecule has 2 N–H and O–H groups in total. The molecule has 3 fully saturated rings. The number of hydrogen-bond acceptors (Lipinski definition) is 8. The van der Waals surface area contributed by atoms with Crippen LogP contribution in [-0.2, 0) is 6.18 Å². The lowest BCUT2D eigenvalue weighted by atomic mass is 9.61. The Balaban J connectivity index is 1.13. The highest BCUT2D eigenvalue weighted by Crippen LogP contribution is 2.50. The van der Waals surface area contributed by atoms with Crippen LogP contribution in [0.2, 0.25) is 0 Å². The summed E-state index contributed by atoms with van der Waals surface area (Å²) in [6.07, 6.45) is -0.847. The van der Waals surface area contributed by atoms with Gasteiger partial charge < -0.3 is 25.0 Å². The molecule has 2 saturated heterocycles. The number of ether oxygens (including phenoxy) is 2. The number of carbonyl (C=O) groups excluding carboxylic acids is 2. The molecule has 0 bridgehead atoms. The Morgan fingerprint density at radius 3 is 2.74 bits per heavy atom. The van der Waals surface area contributed by atoms with E-state index < -0.39 is 17.0 Å². The zero-order valence-electron chi connectivity index (χ0n) is 22.9. The quantitative estimate of drug-likeness (QED) is 0.395. The van der Waals surface area contributed by atoms with E-state index >= 15 is 0 Å². The number of likely N-dealkylation sites (tertiary alicyclic amines) is 1. The SMILES string of the molecule is CCOc1ncccc1-c1ccc(OC2CC3(C2)CN(C(=O)c2csc(C(F)(F)F)c2)C3)c(C(=O)NC2CCNC2)n1. The van der Waals surface area contributed by atoms with Crippen LogP contribution in [0.15, 0.2) is 41.9 Å². The van der Waals surface area contributed by atoms with Crippen LogP contribution in [0, 0.1) is 5.41 Å². The van der Waals surface area contributed by atoms with Gasteiger partial charge in [-0.3, -0.25) is 9.59 Å². The second-order valence-electron chi connectivity index (χ2n) is 11.0. The van der Waals surface area contributed by atoms with Gasteiger partial charge in [-0.15, -0.1) is 11.3 Å². The van der Waals surface area contributed by atoms with Crippen molar-refractivity contribution in [1.29, 1.82) is 0 Å². The molecule has 13 heteroatoms. The van der Waals surface area contributed by atoms with Gasteiger partial charge in [0.25, 0.3) is 11.8 Å². The van der Waals surface area contributed by atoms with Crippen LogP contribution in [0.3, 0.4) is 0 Å². The smallest absolute Gasteiger partial charge is 0.425 e. The number of nitrogens with zero attached hydrogens (tertiary/aromatic N) is 3.